The summed E-state index contributed by atoms with van der Waals surface area (Å²) in [6.07, 6.45) is 2.82. The second-order valence-corrected chi connectivity index (χ2v) is 12.4. The van der Waals surface area contributed by atoms with E-state index < -0.39 is 26.5 Å². The molecule has 0 radical (unpaired) electrons. The smallest absolute Gasteiger partial charge is 0.338 e. The highest BCUT2D eigenvalue weighted by Gasteiger charge is 2.72. The van der Waals surface area contributed by atoms with Crippen LogP contribution >= 0.6 is 31.9 Å². The fourth-order valence-electron chi connectivity index (χ4n) is 6.29. The number of nitrogens with zero attached hydrogens (tertiary/aromatic N) is 1. The van der Waals surface area contributed by atoms with Gasteiger partial charge in [0.1, 0.15) is 0 Å². The van der Waals surface area contributed by atoms with Crippen molar-refractivity contribution >= 4 is 55.3 Å². The maximum absolute atomic E-state index is 14.2. The first-order valence-electron chi connectivity index (χ1n) is 12.6. The van der Waals surface area contributed by atoms with E-state index in [-0.39, 0.29) is 11.8 Å². The number of hydrogen-bond acceptors (Lipinski definition) is 4. The first-order chi connectivity index (χ1) is 17.8. The molecular formula is C30H25Br2NO4. The molecule has 0 N–H and O–H groups in total. The first kappa shape index (κ1) is 24.6. The van der Waals surface area contributed by atoms with Crippen LogP contribution < -0.4 is 4.90 Å². The minimum atomic E-state index is -0.850. The Labute approximate surface area is 232 Å². The number of unbranched alkanes of at least 4 members (excludes halogenated alkanes) is 2. The zero-order valence-corrected chi connectivity index (χ0v) is 23.4. The first-order valence-corrected chi connectivity index (χ1v) is 14.2. The average molecular weight is 623 g/mol. The van der Waals surface area contributed by atoms with Gasteiger partial charge in [0.25, 0.3) is 0 Å². The maximum atomic E-state index is 14.2. The van der Waals surface area contributed by atoms with Crippen LogP contribution in [0.1, 0.15) is 58.8 Å². The predicted molar refractivity (Wildman–Crippen MR) is 148 cm³/mol. The minimum absolute atomic E-state index is 0.284. The SMILES string of the molecule is CCCCCOC(=O)c1cccc(N2C(=O)[C@H]3[C@H](C2=O)C2(Br)c4ccccc4C3(Br)c3ccccc32)c1. The van der Waals surface area contributed by atoms with Crippen molar-refractivity contribution in [2.75, 3.05) is 11.5 Å². The highest BCUT2D eigenvalue weighted by atomic mass is 79.9. The van der Waals surface area contributed by atoms with Crippen LogP contribution in [0.15, 0.2) is 72.8 Å². The van der Waals surface area contributed by atoms with Gasteiger partial charge in [-0.25, -0.2) is 9.69 Å². The van der Waals surface area contributed by atoms with Gasteiger partial charge in [-0.2, -0.15) is 0 Å². The molecule has 1 heterocycles. The van der Waals surface area contributed by atoms with Crippen LogP contribution in [0.4, 0.5) is 5.69 Å². The number of amides is 2. The van der Waals surface area contributed by atoms with Gasteiger partial charge in [0.15, 0.2) is 0 Å². The fourth-order valence-corrected chi connectivity index (χ4v) is 8.60. The number of ether oxygens (including phenoxy) is 1. The molecule has 37 heavy (non-hydrogen) atoms. The Morgan fingerprint density at radius 2 is 1.32 bits per heavy atom. The second kappa shape index (κ2) is 8.91. The number of anilines is 1. The molecule has 7 rings (SSSR count). The largest absolute Gasteiger partial charge is 0.462 e. The topological polar surface area (TPSA) is 63.7 Å². The lowest BCUT2D eigenvalue weighted by Crippen LogP contribution is -2.56. The number of hydrogen-bond donors (Lipinski definition) is 0. The van der Waals surface area contributed by atoms with Crippen LogP contribution in [0.3, 0.4) is 0 Å². The van der Waals surface area contributed by atoms with Gasteiger partial charge < -0.3 is 4.74 Å². The van der Waals surface area contributed by atoms with Crippen LogP contribution in [0, 0.1) is 11.8 Å². The molecule has 5 nitrogen and oxygen atoms in total. The molecule has 2 amide bonds. The monoisotopic (exact) mass is 621 g/mol. The number of rotatable bonds is 6. The third kappa shape index (κ3) is 3.29. The van der Waals surface area contributed by atoms with Crippen LogP contribution in [0.5, 0.6) is 0 Å². The minimum Gasteiger partial charge on any atom is -0.462 e. The Balaban J connectivity index is 1.43. The summed E-state index contributed by atoms with van der Waals surface area (Å²) in [5, 5.41) is 0. The molecule has 0 saturated carbocycles. The lowest BCUT2D eigenvalue weighted by molar-refractivity contribution is -0.122. The molecule has 3 aliphatic carbocycles. The van der Waals surface area contributed by atoms with E-state index >= 15 is 0 Å². The Morgan fingerprint density at radius 3 is 1.81 bits per heavy atom. The summed E-state index contributed by atoms with van der Waals surface area (Å²) in [4.78, 5) is 42.3. The number of alkyl halides is 2. The quantitative estimate of drug-likeness (QED) is 0.137. The van der Waals surface area contributed by atoms with Crippen LogP contribution in [-0.2, 0) is 23.0 Å². The molecule has 0 spiro atoms. The second-order valence-electron chi connectivity index (χ2n) is 9.88. The van der Waals surface area contributed by atoms with Crippen LogP contribution in [0.25, 0.3) is 0 Å². The van der Waals surface area contributed by atoms with Gasteiger partial charge in [0.2, 0.25) is 11.8 Å². The molecule has 4 aliphatic rings. The fraction of sp³-hybridized carbons (Fsp3) is 0.300. The van der Waals surface area contributed by atoms with Gasteiger partial charge in [0.05, 0.1) is 38.3 Å². The zero-order chi connectivity index (χ0) is 25.9. The van der Waals surface area contributed by atoms with Crippen molar-refractivity contribution in [1.29, 1.82) is 0 Å². The third-order valence-corrected chi connectivity index (χ3v) is 10.6. The van der Waals surface area contributed by atoms with Crippen molar-refractivity contribution in [2.24, 2.45) is 11.8 Å². The summed E-state index contributed by atoms with van der Waals surface area (Å²) in [5.41, 5.74) is 4.64. The van der Waals surface area contributed by atoms with E-state index in [0.717, 1.165) is 41.5 Å². The molecule has 2 atom stereocenters. The number of benzene rings is 3. The molecule has 3 aromatic rings. The van der Waals surface area contributed by atoms with Crippen molar-refractivity contribution in [3.05, 3.63) is 101 Å². The lowest BCUT2D eigenvalue weighted by atomic mass is 9.54. The summed E-state index contributed by atoms with van der Waals surface area (Å²) >= 11 is 8.03. The highest BCUT2D eigenvalue weighted by molar-refractivity contribution is 9.10. The summed E-state index contributed by atoms with van der Waals surface area (Å²) in [6, 6.07) is 22.6. The number of imide groups is 1. The van der Waals surface area contributed by atoms with E-state index in [1.54, 1.807) is 24.3 Å². The number of halogens is 2. The van der Waals surface area contributed by atoms with Crippen molar-refractivity contribution in [2.45, 2.75) is 34.8 Å². The van der Waals surface area contributed by atoms with Crippen LogP contribution in [-0.4, -0.2) is 24.4 Å². The molecule has 0 unspecified atom stereocenters. The van der Waals surface area contributed by atoms with Crippen molar-refractivity contribution < 1.29 is 19.1 Å². The Hall–Kier alpha value is -2.77. The molecule has 3 aromatic carbocycles. The summed E-state index contributed by atoms with van der Waals surface area (Å²) in [7, 11) is 0. The summed E-state index contributed by atoms with van der Waals surface area (Å²) in [6.45, 7) is 2.43. The summed E-state index contributed by atoms with van der Waals surface area (Å²) < 4.78 is 3.72. The lowest BCUT2D eigenvalue weighted by Gasteiger charge is -2.55. The van der Waals surface area contributed by atoms with E-state index in [1.807, 2.05) is 48.5 Å². The molecule has 1 aliphatic heterocycles. The summed E-state index contributed by atoms with van der Waals surface area (Å²) in [5.74, 6) is -2.34. The molecule has 188 valence electrons. The van der Waals surface area contributed by atoms with Crippen molar-refractivity contribution in [3.8, 4) is 0 Å². The van der Waals surface area contributed by atoms with Crippen LogP contribution in [0.2, 0.25) is 0 Å². The van der Waals surface area contributed by atoms with Gasteiger partial charge in [-0.05, 0) is 46.9 Å². The number of carbonyl (C=O) groups excluding carboxylic acids is 3. The standard InChI is InChI=1S/C30H25Br2NO4/c1-2-3-8-16-37-28(36)18-10-9-11-19(17-18)33-26(34)24-25(27(33)35)30(32)21-13-5-4-12-20(21)29(24,31)22-14-6-7-15-23(22)30/h4-7,9-15,17,24-25H,2-3,8,16H2,1H3/t24-,25-,29?,30?/m1/s1. The van der Waals surface area contributed by atoms with E-state index in [0.29, 0.717) is 17.9 Å². The Kier molecular flexibility index (Phi) is 5.92. The van der Waals surface area contributed by atoms with E-state index in [1.165, 1.54) is 4.90 Å². The average Bonchev–Trinajstić information content (AvgIpc) is 3.20. The van der Waals surface area contributed by atoms with E-state index in [4.69, 9.17) is 4.74 Å². The molecule has 2 bridgehead atoms. The van der Waals surface area contributed by atoms with Gasteiger partial charge in [0, 0.05) is 0 Å². The normalized spacial score (nSPS) is 27.1. The predicted octanol–water partition coefficient (Wildman–Crippen LogP) is 6.44. The van der Waals surface area contributed by atoms with Crippen molar-refractivity contribution in [3.63, 3.8) is 0 Å². The maximum Gasteiger partial charge on any atom is 0.338 e. The molecule has 1 fully saturated rings. The van der Waals surface area contributed by atoms with Gasteiger partial charge in [-0.15, -0.1) is 0 Å². The number of esters is 1. The molecule has 7 heteroatoms. The molecular weight excluding hydrogens is 598 g/mol. The zero-order valence-electron chi connectivity index (χ0n) is 20.2. The highest BCUT2D eigenvalue weighted by Crippen LogP contribution is 2.70. The van der Waals surface area contributed by atoms with Gasteiger partial charge in [-0.3, -0.25) is 9.59 Å². The Morgan fingerprint density at radius 1 is 0.811 bits per heavy atom. The van der Waals surface area contributed by atoms with Gasteiger partial charge in [-0.1, -0.05) is 106 Å². The number of carbonyl (C=O) groups is 3. The third-order valence-electron chi connectivity index (χ3n) is 7.91. The van der Waals surface area contributed by atoms with E-state index in [9.17, 15) is 14.4 Å². The molecule has 0 aromatic heterocycles. The van der Waals surface area contributed by atoms with Crippen molar-refractivity contribution in [1.82, 2.24) is 0 Å². The Bertz CT molecular complexity index is 1330. The van der Waals surface area contributed by atoms with Gasteiger partial charge >= 0.3 is 5.97 Å². The van der Waals surface area contributed by atoms with E-state index in [2.05, 4.69) is 38.8 Å². The molecule has 1 saturated heterocycles.